The average Bonchev–Trinajstić information content (AvgIpc) is 2.90. The van der Waals surface area contributed by atoms with Gasteiger partial charge in [0.1, 0.15) is 0 Å². The van der Waals surface area contributed by atoms with Gasteiger partial charge in [0.05, 0.1) is 6.10 Å². The number of rotatable bonds is 5. The molecule has 0 spiro atoms. The molecule has 1 saturated carbocycles. The van der Waals surface area contributed by atoms with E-state index in [-0.39, 0.29) is 12.1 Å². The van der Waals surface area contributed by atoms with E-state index in [0.29, 0.717) is 31.3 Å². The van der Waals surface area contributed by atoms with Crippen molar-refractivity contribution in [3.8, 4) is 0 Å². The standard InChI is InChI=1S/C12H20N2O4/c1-2-7-5-9(7)14-12(17)13-6-8-3-4-10(18-8)11(15)16/h7-10H,2-6H2,1H3,(H,15,16)(H2,13,14,17). The summed E-state index contributed by atoms with van der Waals surface area (Å²) in [4.78, 5) is 22.2. The molecule has 0 bridgehead atoms. The molecule has 2 rings (SSSR count). The van der Waals surface area contributed by atoms with Crippen LogP contribution < -0.4 is 10.6 Å². The monoisotopic (exact) mass is 256 g/mol. The van der Waals surface area contributed by atoms with Gasteiger partial charge in [0.2, 0.25) is 0 Å². The number of carbonyl (C=O) groups excluding carboxylic acids is 1. The van der Waals surface area contributed by atoms with Gasteiger partial charge >= 0.3 is 12.0 Å². The Morgan fingerprint density at radius 2 is 2.17 bits per heavy atom. The molecule has 1 saturated heterocycles. The quantitative estimate of drug-likeness (QED) is 0.676. The van der Waals surface area contributed by atoms with Crippen molar-refractivity contribution in [1.29, 1.82) is 0 Å². The minimum atomic E-state index is -0.925. The molecule has 6 nitrogen and oxygen atoms in total. The Balaban J connectivity index is 1.61. The van der Waals surface area contributed by atoms with E-state index in [1.54, 1.807) is 0 Å². The second kappa shape index (κ2) is 5.56. The number of nitrogens with one attached hydrogen (secondary N) is 2. The SMILES string of the molecule is CCC1CC1NC(=O)NCC1CCC(C(=O)O)O1. The number of carboxylic acid groups (broad SMARTS) is 1. The van der Waals surface area contributed by atoms with Gasteiger partial charge in [-0.25, -0.2) is 9.59 Å². The molecule has 0 aromatic rings. The van der Waals surface area contributed by atoms with Crippen LogP contribution in [0.3, 0.4) is 0 Å². The zero-order valence-corrected chi connectivity index (χ0v) is 10.5. The molecule has 2 fully saturated rings. The summed E-state index contributed by atoms with van der Waals surface area (Å²) in [6.07, 6.45) is 2.45. The van der Waals surface area contributed by atoms with Gasteiger partial charge in [-0.3, -0.25) is 0 Å². The van der Waals surface area contributed by atoms with E-state index in [9.17, 15) is 9.59 Å². The van der Waals surface area contributed by atoms with Crippen LogP contribution in [0.2, 0.25) is 0 Å². The summed E-state index contributed by atoms with van der Waals surface area (Å²) in [7, 11) is 0. The molecule has 18 heavy (non-hydrogen) atoms. The number of ether oxygens (including phenoxy) is 1. The van der Waals surface area contributed by atoms with Crippen LogP contribution in [-0.4, -0.2) is 41.9 Å². The molecule has 0 aromatic carbocycles. The van der Waals surface area contributed by atoms with Crippen LogP contribution in [0.15, 0.2) is 0 Å². The van der Waals surface area contributed by atoms with Crippen LogP contribution in [0.5, 0.6) is 0 Å². The number of amides is 2. The van der Waals surface area contributed by atoms with Crippen LogP contribution in [-0.2, 0) is 9.53 Å². The van der Waals surface area contributed by atoms with Gasteiger partial charge < -0.3 is 20.5 Å². The Hall–Kier alpha value is -1.30. The number of aliphatic carboxylic acids is 1. The van der Waals surface area contributed by atoms with E-state index in [1.807, 2.05) is 0 Å². The van der Waals surface area contributed by atoms with Crippen LogP contribution in [0.4, 0.5) is 4.79 Å². The summed E-state index contributed by atoms with van der Waals surface area (Å²) in [5.41, 5.74) is 0. The molecular formula is C12H20N2O4. The molecule has 1 aliphatic heterocycles. The lowest BCUT2D eigenvalue weighted by molar-refractivity contribution is -0.149. The van der Waals surface area contributed by atoms with E-state index in [1.165, 1.54) is 0 Å². The average molecular weight is 256 g/mol. The zero-order valence-electron chi connectivity index (χ0n) is 10.5. The number of carboxylic acids is 1. The first-order chi connectivity index (χ1) is 8.60. The topological polar surface area (TPSA) is 87.7 Å². The zero-order chi connectivity index (χ0) is 13.1. The second-order valence-corrected chi connectivity index (χ2v) is 5.03. The number of carbonyl (C=O) groups is 2. The third-order valence-corrected chi connectivity index (χ3v) is 3.64. The lowest BCUT2D eigenvalue weighted by Crippen LogP contribution is -2.41. The predicted octanol–water partition coefficient (Wildman–Crippen LogP) is 0.716. The number of hydrogen-bond donors (Lipinski definition) is 3. The normalized spacial score (nSPS) is 34.1. The molecule has 0 aromatic heterocycles. The largest absolute Gasteiger partial charge is 0.479 e. The summed E-state index contributed by atoms with van der Waals surface area (Å²) in [5.74, 6) is -0.305. The Bertz CT molecular complexity index is 334. The highest BCUT2D eigenvalue weighted by Gasteiger charge is 2.36. The van der Waals surface area contributed by atoms with Crippen molar-refractivity contribution in [2.45, 2.75) is 50.9 Å². The highest BCUT2D eigenvalue weighted by Crippen LogP contribution is 2.32. The highest BCUT2D eigenvalue weighted by molar-refractivity contribution is 5.75. The molecule has 3 N–H and O–H groups in total. The van der Waals surface area contributed by atoms with Crippen LogP contribution in [0.25, 0.3) is 0 Å². The van der Waals surface area contributed by atoms with Crippen molar-refractivity contribution in [3.05, 3.63) is 0 Å². The van der Waals surface area contributed by atoms with Crippen LogP contribution in [0.1, 0.15) is 32.6 Å². The molecular weight excluding hydrogens is 236 g/mol. The number of hydrogen-bond acceptors (Lipinski definition) is 3. The maximum atomic E-state index is 11.5. The fraction of sp³-hybridized carbons (Fsp3) is 0.833. The third-order valence-electron chi connectivity index (χ3n) is 3.64. The van der Waals surface area contributed by atoms with Crippen molar-refractivity contribution in [1.82, 2.24) is 10.6 Å². The maximum Gasteiger partial charge on any atom is 0.332 e. The first-order valence-electron chi connectivity index (χ1n) is 6.52. The molecule has 2 aliphatic rings. The molecule has 1 heterocycles. The van der Waals surface area contributed by atoms with Crippen molar-refractivity contribution in [3.63, 3.8) is 0 Å². The predicted molar refractivity (Wildman–Crippen MR) is 64.3 cm³/mol. The highest BCUT2D eigenvalue weighted by atomic mass is 16.5. The summed E-state index contributed by atoms with van der Waals surface area (Å²) in [6.45, 7) is 2.49. The molecule has 4 unspecified atom stereocenters. The van der Waals surface area contributed by atoms with Crippen molar-refractivity contribution >= 4 is 12.0 Å². The van der Waals surface area contributed by atoms with E-state index >= 15 is 0 Å². The van der Waals surface area contributed by atoms with Gasteiger partial charge in [0.25, 0.3) is 0 Å². The van der Waals surface area contributed by atoms with Gasteiger partial charge in [-0.15, -0.1) is 0 Å². The Morgan fingerprint density at radius 3 is 2.72 bits per heavy atom. The van der Waals surface area contributed by atoms with Gasteiger partial charge in [0.15, 0.2) is 6.10 Å². The first kappa shape index (κ1) is 13.1. The molecule has 2 amide bonds. The molecule has 0 radical (unpaired) electrons. The van der Waals surface area contributed by atoms with Crippen molar-refractivity contribution < 1.29 is 19.4 Å². The number of urea groups is 1. The minimum Gasteiger partial charge on any atom is -0.479 e. The van der Waals surface area contributed by atoms with Crippen LogP contribution >= 0.6 is 0 Å². The summed E-state index contributed by atoms with van der Waals surface area (Å²) < 4.78 is 5.29. The van der Waals surface area contributed by atoms with Gasteiger partial charge in [0, 0.05) is 12.6 Å². The van der Waals surface area contributed by atoms with E-state index in [2.05, 4.69) is 17.6 Å². The lowest BCUT2D eigenvalue weighted by Gasteiger charge is -2.13. The third kappa shape index (κ3) is 3.35. The van der Waals surface area contributed by atoms with E-state index in [0.717, 1.165) is 12.8 Å². The van der Waals surface area contributed by atoms with Gasteiger partial charge in [-0.2, -0.15) is 0 Å². The van der Waals surface area contributed by atoms with Crippen molar-refractivity contribution in [2.24, 2.45) is 5.92 Å². The smallest absolute Gasteiger partial charge is 0.332 e. The molecule has 6 heteroatoms. The fourth-order valence-electron chi connectivity index (χ4n) is 2.34. The first-order valence-corrected chi connectivity index (χ1v) is 6.52. The van der Waals surface area contributed by atoms with Crippen LogP contribution in [0, 0.1) is 5.92 Å². The van der Waals surface area contributed by atoms with E-state index in [4.69, 9.17) is 9.84 Å². The van der Waals surface area contributed by atoms with E-state index < -0.39 is 12.1 Å². The van der Waals surface area contributed by atoms with Gasteiger partial charge in [-0.1, -0.05) is 13.3 Å². The Labute approximate surface area is 106 Å². The summed E-state index contributed by atoms with van der Waals surface area (Å²) >= 11 is 0. The van der Waals surface area contributed by atoms with Crippen molar-refractivity contribution in [2.75, 3.05) is 6.54 Å². The molecule has 102 valence electrons. The minimum absolute atomic E-state index is 0.182. The molecule has 1 aliphatic carbocycles. The molecule has 4 atom stereocenters. The Morgan fingerprint density at radius 1 is 1.39 bits per heavy atom. The fourth-order valence-corrected chi connectivity index (χ4v) is 2.34. The Kier molecular flexibility index (Phi) is 4.06. The summed E-state index contributed by atoms with van der Waals surface area (Å²) in [6, 6.07) is 0.129. The second-order valence-electron chi connectivity index (χ2n) is 5.03. The van der Waals surface area contributed by atoms with Gasteiger partial charge in [-0.05, 0) is 25.2 Å². The summed E-state index contributed by atoms with van der Waals surface area (Å²) in [5, 5.41) is 14.4. The lowest BCUT2D eigenvalue weighted by atomic mass is 10.2. The maximum absolute atomic E-state index is 11.5.